The number of nitrogens with zero attached hydrogens (tertiary/aromatic N) is 3. The summed E-state index contributed by atoms with van der Waals surface area (Å²) in [5.41, 5.74) is 1.30. The summed E-state index contributed by atoms with van der Waals surface area (Å²) in [5.74, 6) is 0. The first kappa shape index (κ1) is 11.6. The zero-order chi connectivity index (χ0) is 11.4. The van der Waals surface area contributed by atoms with Crippen molar-refractivity contribution < 1.29 is 0 Å². The van der Waals surface area contributed by atoms with Crippen LogP contribution in [0.25, 0.3) is 0 Å². The van der Waals surface area contributed by atoms with Crippen molar-refractivity contribution in [1.29, 1.82) is 0 Å². The van der Waals surface area contributed by atoms with E-state index in [1.807, 2.05) is 12.5 Å². The van der Waals surface area contributed by atoms with Gasteiger partial charge >= 0.3 is 0 Å². The minimum atomic E-state index is 0.765. The van der Waals surface area contributed by atoms with Gasteiger partial charge in [0.2, 0.25) is 0 Å². The van der Waals surface area contributed by atoms with Crippen molar-refractivity contribution in [2.24, 2.45) is 0 Å². The molecule has 16 heavy (non-hydrogen) atoms. The maximum absolute atomic E-state index is 4.23. The summed E-state index contributed by atoms with van der Waals surface area (Å²) in [6, 6.07) is 0.765. The van der Waals surface area contributed by atoms with Gasteiger partial charge in [0, 0.05) is 31.9 Å². The molecule has 0 radical (unpaired) electrons. The molecule has 0 aliphatic heterocycles. The molecule has 0 unspecified atom stereocenters. The zero-order valence-electron chi connectivity index (χ0n) is 10.3. The Morgan fingerprint density at radius 1 is 1.56 bits per heavy atom. The SMILES string of the molecule is CCN(C)CCn1cncc1CNC1CC1. The summed E-state index contributed by atoms with van der Waals surface area (Å²) < 4.78 is 2.25. The molecule has 1 aliphatic carbocycles. The molecule has 4 nitrogen and oxygen atoms in total. The Hall–Kier alpha value is -0.870. The molecular weight excluding hydrogens is 200 g/mol. The summed E-state index contributed by atoms with van der Waals surface area (Å²) in [6.07, 6.45) is 6.59. The van der Waals surface area contributed by atoms with Gasteiger partial charge in [-0.3, -0.25) is 0 Å². The lowest BCUT2D eigenvalue weighted by Gasteiger charge is -2.15. The van der Waals surface area contributed by atoms with E-state index < -0.39 is 0 Å². The van der Waals surface area contributed by atoms with E-state index in [1.165, 1.54) is 18.5 Å². The summed E-state index contributed by atoms with van der Waals surface area (Å²) in [5, 5.41) is 3.53. The molecule has 2 rings (SSSR count). The molecule has 0 spiro atoms. The first-order chi connectivity index (χ1) is 7.79. The van der Waals surface area contributed by atoms with E-state index in [0.29, 0.717) is 0 Å². The smallest absolute Gasteiger partial charge is 0.0949 e. The molecule has 1 saturated carbocycles. The third-order valence-electron chi connectivity index (χ3n) is 3.21. The average Bonchev–Trinajstić information content (AvgIpc) is 3.02. The third kappa shape index (κ3) is 3.32. The highest BCUT2D eigenvalue weighted by Crippen LogP contribution is 2.19. The summed E-state index contributed by atoms with van der Waals surface area (Å²) >= 11 is 0. The van der Waals surface area contributed by atoms with Gasteiger partial charge in [0.05, 0.1) is 12.0 Å². The van der Waals surface area contributed by atoms with Gasteiger partial charge in [0.15, 0.2) is 0 Å². The predicted molar refractivity (Wildman–Crippen MR) is 65.3 cm³/mol. The lowest BCUT2D eigenvalue weighted by Crippen LogP contribution is -2.24. The van der Waals surface area contributed by atoms with Crippen LogP contribution in [0.2, 0.25) is 0 Å². The second kappa shape index (κ2) is 5.46. The van der Waals surface area contributed by atoms with Gasteiger partial charge in [-0.1, -0.05) is 6.92 Å². The molecule has 0 saturated heterocycles. The Balaban J connectivity index is 1.80. The van der Waals surface area contributed by atoms with E-state index in [9.17, 15) is 0 Å². The fourth-order valence-electron chi connectivity index (χ4n) is 1.67. The second-order valence-electron chi connectivity index (χ2n) is 4.63. The van der Waals surface area contributed by atoms with Crippen molar-refractivity contribution >= 4 is 0 Å². The summed E-state index contributed by atoms with van der Waals surface area (Å²) in [7, 11) is 2.15. The van der Waals surface area contributed by atoms with Gasteiger partial charge in [0.25, 0.3) is 0 Å². The number of imidazole rings is 1. The lowest BCUT2D eigenvalue weighted by atomic mass is 10.4. The van der Waals surface area contributed by atoms with Crippen LogP contribution in [-0.4, -0.2) is 40.6 Å². The van der Waals surface area contributed by atoms with Gasteiger partial charge in [-0.05, 0) is 26.4 Å². The van der Waals surface area contributed by atoms with E-state index in [0.717, 1.165) is 32.2 Å². The Morgan fingerprint density at radius 3 is 3.06 bits per heavy atom. The molecule has 0 amide bonds. The van der Waals surface area contributed by atoms with E-state index in [1.54, 1.807) is 0 Å². The van der Waals surface area contributed by atoms with E-state index in [4.69, 9.17) is 0 Å². The molecule has 0 bridgehead atoms. The Morgan fingerprint density at radius 2 is 2.38 bits per heavy atom. The average molecular weight is 222 g/mol. The lowest BCUT2D eigenvalue weighted by molar-refractivity contribution is 0.333. The van der Waals surface area contributed by atoms with Crippen LogP contribution in [0.1, 0.15) is 25.5 Å². The van der Waals surface area contributed by atoms with E-state index >= 15 is 0 Å². The van der Waals surface area contributed by atoms with Crippen molar-refractivity contribution in [3.05, 3.63) is 18.2 Å². The quantitative estimate of drug-likeness (QED) is 0.749. The first-order valence-electron chi connectivity index (χ1n) is 6.20. The number of rotatable bonds is 7. The topological polar surface area (TPSA) is 33.1 Å². The van der Waals surface area contributed by atoms with Crippen LogP contribution in [-0.2, 0) is 13.1 Å². The highest BCUT2D eigenvalue weighted by molar-refractivity contribution is 4.99. The minimum Gasteiger partial charge on any atom is -0.332 e. The molecular formula is C12H22N4. The van der Waals surface area contributed by atoms with Gasteiger partial charge in [0.1, 0.15) is 0 Å². The number of nitrogens with one attached hydrogen (secondary N) is 1. The van der Waals surface area contributed by atoms with Crippen LogP contribution in [0.4, 0.5) is 0 Å². The van der Waals surface area contributed by atoms with E-state index in [2.05, 4.69) is 33.7 Å². The van der Waals surface area contributed by atoms with Crippen molar-refractivity contribution in [1.82, 2.24) is 19.8 Å². The van der Waals surface area contributed by atoms with E-state index in [-0.39, 0.29) is 0 Å². The van der Waals surface area contributed by atoms with Crippen molar-refractivity contribution in [3.63, 3.8) is 0 Å². The number of likely N-dealkylation sites (N-methyl/N-ethyl adjacent to an activating group) is 1. The molecule has 1 aliphatic rings. The second-order valence-corrected chi connectivity index (χ2v) is 4.63. The molecule has 1 aromatic heterocycles. The van der Waals surface area contributed by atoms with Gasteiger partial charge in [-0.2, -0.15) is 0 Å². The molecule has 0 atom stereocenters. The first-order valence-corrected chi connectivity index (χ1v) is 6.20. The van der Waals surface area contributed by atoms with Crippen molar-refractivity contribution in [2.75, 3.05) is 20.1 Å². The van der Waals surface area contributed by atoms with Crippen LogP contribution in [0.5, 0.6) is 0 Å². The highest BCUT2D eigenvalue weighted by Gasteiger charge is 2.20. The molecule has 90 valence electrons. The number of aromatic nitrogens is 2. The third-order valence-corrected chi connectivity index (χ3v) is 3.21. The van der Waals surface area contributed by atoms with Crippen molar-refractivity contribution in [2.45, 2.75) is 38.9 Å². The monoisotopic (exact) mass is 222 g/mol. The van der Waals surface area contributed by atoms with Crippen LogP contribution in [0.15, 0.2) is 12.5 Å². The molecule has 1 heterocycles. The predicted octanol–water partition coefficient (Wildman–Crippen LogP) is 1.09. The summed E-state index contributed by atoms with van der Waals surface area (Å²) in [4.78, 5) is 6.55. The largest absolute Gasteiger partial charge is 0.332 e. The van der Waals surface area contributed by atoms with Crippen LogP contribution >= 0.6 is 0 Å². The Labute approximate surface area is 97.7 Å². The van der Waals surface area contributed by atoms with Crippen LogP contribution in [0.3, 0.4) is 0 Å². The highest BCUT2D eigenvalue weighted by atomic mass is 15.1. The van der Waals surface area contributed by atoms with Gasteiger partial charge in [-0.25, -0.2) is 4.98 Å². The van der Waals surface area contributed by atoms with Crippen LogP contribution < -0.4 is 5.32 Å². The normalized spacial score (nSPS) is 15.9. The summed E-state index contributed by atoms with van der Waals surface area (Å²) in [6.45, 7) is 6.36. The van der Waals surface area contributed by atoms with Gasteiger partial charge < -0.3 is 14.8 Å². The maximum Gasteiger partial charge on any atom is 0.0949 e. The Kier molecular flexibility index (Phi) is 3.96. The van der Waals surface area contributed by atoms with Crippen molar-refractivity contribution in [3.8, 4) is 0 Å². The van der Waals surface area contributed by atoms with Crippen LogP contribution in [0, 0.1) is 0 Å². The zero-order valence-corrected chi connectivity index (χ0v) is 10.3. The standard InChI is InChI=1S/C12H22N4/c1-3-15(2)6-7-16-10-13-8-12(16)9-14-11-4-5-11/h8,10-11,14H,3-7,9H2,1-2H3. The number of hydrogen-bond donors (Lipinski definition) is 1. The fourth-order valence-corrected chi connectivity index (χ4v) is 1.67. The maximum atomic E-state index is 4.23. The molecule has 1 aromatic rings. The minimum absolute atomic E-state index is 0.765. The van der Waals surface area contributed by atoms with Gasteiger partial charge in [-0.15, -0.1) is 0 Å². The molecule has 4 heteroatoms. The number of hydrogen-bond acceptors (Lipinski definition) is 3. The fraction of sp³-hybridized carbons (Fsp3) is 0.750. The Bertz CT molecular complexity index is 317. The molecule has 1 fully saturated rings. The molecule has 0 aromatic carbocycles. The molecule has 1 N–H and O–H groups in total.